The minimum atomic E-state index is -0.0823. The zero-order valence-electron chi connectivity index (χ0n) is 12.1. The average molecular weight is 283 g/mol. The number of nitrogens with one attached hydrogen (secondary N) is 2. The van der Waals surface area contributed by atoms with E-state index in [2.05, 4.69) is 27.3 Å². The van der Waals surface area contributed by atoms with Gasteiger partial charge in [-0.1, -0.05) is 12.1 Å². The molecule has 1 amide bonds. The summed E-state index contributed by atoms with van der Waals surface area (Å²) in [5, 5.41) is 2.90. The molecule has 0 spiro atoms. The highest BCUT2D eigenvalue weighted by atomic mass is 16.1. The second-order valence-electron chi connectivity index (χ2n) is 5.55. The largest absolute Gasteiger partial charge is 0.367 e. The zero-order valence-corrected chi connectivity index (χ0v) is 12.1. The van der Waals surface area contributed by atoms with Gasteiger partial charge in [-0.25, -0.2) is 0 Å². The van der Waals surface area contributed by atoms with Gasteiger partial charge in [0.05, 0.1) is 5.56 Å². The van der Waals surface area contributed by atoms with Crippen LogP contribution in [0.1, 0.15) is 28.8 Å². The lowest BCUT2D eigenvalue weighted by molar-refractivity contribution is 0.102. The molecule has 4 heteroatoms. The first-order valence-electron chi connectivity index (χ1n) is 7.57. The van der Waals surface area contributed by atoms with Crippen LogP contribution in [0.25, 0.3) is 0 Å². The predicted octanol–water partition coefficient (Wildman–Crippen LogP) is 2.91. The molecule has 0 bridgehead atoms. The van der Waals surface area contributed by atoms with Gasteiger partial charge in [0.25, 0.3) is 5.91 Å². The van der Waals surface area contributed by atoms with Crippen LogP contribution in [0.3, 0.4) is 0 Å². The van der Waals surface area contributed by atoms with E-state index >= 15 is 0 Å². The topological polar surface area (TPSA) is 48.1 Å². The van der Waals surface area contributed by atoms with Gasteiger partial charge in [0, 0.05) is 24.6 Å². The van der Waals surface area contributed by atoms with Crippen molar-refractivity contribution in [2.24, 2.45) is 0 Å². The van der Waals surface area contributed by atoms with E-state index in [4.69, 9.17) is 0 Å². The van der Waals surface area contributed by atoms with Crippen molar-refractivity contribution >= 4 is 11.6 Å². The highest BCUT2D eigenvalue weighted by Crippen LogP contribution is 2.13. The van der Waals surface area contributed by atoms with E-state index in [1.165, 1.54) is 31.5 Å². The number of nitrogens with zero attached hydrogens (tertiary/aromatic N) is 1. The maximum absolute atomic E-state index is 11.9. The second-order valence-corrected chi connectivity index (χ2v) is 5.55. The van der Waals surface area contributed by atoms with Crippen molar-refractivity contribution in [3.8, 4) is 0 Å². The highest BCUT2D eigenvalue weighted by Gasteiger charge is 2.11. The maximum Gasteiger partial charge on any atom is 0.257 e. The van der Waals surface area contributed by atoms with Gasteiger partial charge in [-0.2, -0.15) is 0 Å². The van der Waals surface area contributed by atoms with Gasteiger partial charge in [0.2, 0.25) is 0 Å². The van der Waals surface area contributed by atoms with Gasteiger partial charge in [0.15, 0.2) is 0 Å². The molecule has 1 saturated heterocycles. The first-order chi connectivity index (χ1) is 10.3. The summed E-state index contributed by atoms with van der Waals surface area (Å²) in [6, 6.07) is 9.92. The van der Waals surface area contributed by atoms with Gasteiger partial charge < -0.3 is 15.2 Å². The van der Waals surface area contributed by atoms with E-state index in [0.717, 1.165) is 18.7 Å². The van der Waals surface area contributed by atoms with Crippen LogP contribution >= 0.6 is 0 Å². The normalized spacial score (nSPS) is 15.2. The number of hydrogen-bond donors (Lipinski definition) is 2. The SMILES string of the molecule is O=C(Nc1ccc(CCN2CCCC2)cc1)c1cc[nH]c1. The molecule has 110 valence electrons. The Balaban J connectivity index is 1.52. The Kier molecular flexibility index (Phi) is 4.36. The van der Waals surface area contributed by atoms with Crippen molar-refractivity contribution in [1.29, 1.82) is 0 Å². The number of amides is 1. The van der Waals surface area contributed by atoms with Crippen LogP contribution < -0.4 is 5.32 Å². The van der Waals surface area contributed by atoms with Gasteiger partial charge in [-0.15, -0.1) is 0 Å². The summed E-state index contributed by atoms with van der Waals surface area (Å²) in [4.78, 5) is 17.3. The summed E-state index contributed by atoms with van der Waals surface area (Å²) in [6.45, 7) is 3.62. The number of anilines is 1. The Morgan fingerprint density at radius 2 is 1.90 bits per heavy atom. The third kappa shape index (κ3) is 3.73. The minimum absolute atomic E-state index is 0.0823. The molecule has 0 saturated carbocycles. The molecule has 0 atom stereocenters. The molecule has 2 N–H and O–H groups in total. The third-order valence-corrected chi connectivity index (χ3v) is 3.99. The molecule has 4 nitrogen and oxygen atoms in total. The molecule has 1 fully saturated rings. The lowest BCUT2D eigenvalue weighted by atomic mass is 10.1. The summed E-state index contributed by atoms with van der Waals surface area (Å²) < 4.78 is 0. The van der Waals surface area contributed by atoms with Crippen LogP contribution in [-0.2, 0) is 6.42 Å². The monoisotopic (exact) mass is 283 g/mol. The molecule has 0 unspecified atom stereocenters. The van der Waals surface area contributed by atoms with Gasteiger partial charge in [0.1, 0.15) is 0 Å². The first-order valence-corrected chi connectivity index (χ1v) is 7.57. The lowest BCUT2D eigenvalue weighted by Crippen LogP contribution is -2.21. The Morgan fingerprint density at radius 3 is 2.57 bits per heavy atom. The van der Waals surface area contributed by atoms with Crippen molar-refractivity contribution in [1.82, 2.24) is 9.88 Å². The minimum Gasteiger partial charge on any atom is -0.367 e. The van der Waals surface area contributed by atoms with Crippen LogP contribution in [-0.4, -0.2) is 35.4 Å². The molecule has 0 aliphatic carbocycles. The first kappa shape index (κ1) is 13.9. The standard InChI is InChI=1S/C17H21N3O/c21-17(15-7-9-18-13-15)19-16-5-3-14(4-6-16)8-12-20-10-1-2-11-20/h3-7,9,13,18H,1-2,8,10-12H2,(H,19,21). The molecule has 0 radical (unpaired) electrons. The summed E-state index contributed by atoms with van der Waals surface area (Å²) in [5.74, 6) is -0.0823. The van der Waals surface area contributed by atoms with E-state index < -0.39 is 0 Å². The zero-order chi connectivity index (χ0) is 14.5. The number of H-pyrrole nitrogens is 1. The highest BCUT2D eigenvalue weighted by molar-refractivity contribution is 6.04. The molecule has 21 heavy (non-hydrogen) atoms. The average Bonchev–Trinajstić information content (AvgIpc) is 3.20. The number of aromatic amines is 1. The molecule has 2 heterocycles. The fourth-order valence-electron chi connectivity index (χ4n) is 2.72. The molecule has 1 aromatic heterocycles. The molecule has 2 aromatic rings. The van der Waals surface area contributed by atoms with E-state index in [1.54, 1.807) is 18.5 Å². The van der Waals surface area contributed by atoms with Crippen LogP contribution in [0.4, 0.5) is 5.69 Å². The Morgan fingerprint density at radius 1 is 1.14 bits per heavy atom. The molecule has 3 rings (SSSR count). The van der Waals surface area contributed by atoms with Crippen molar-refractivity contribution in [2.75, 3.05) is 25.0 Å². The van der Waals surface area contributed by atoms with Gasteiger partial charge in [-0.05, 0) is 56.1 Å². The number of carbonyl (C=O) groups excluding carboxylic acids is 1. The quantitative estimate of drug-likeness (QED) is 0.886. The fourth-order valence-corrected chi connectivity index (χ4v) is 2.72. The molecule has 1 aliphatic rings. The van der Waals surface area contributed by atoms with E-state index in [0.29, 0.717) is 5.56 Å². The van der Waals surface area contributed by atoms with Gasteiger partial charge in [-0.3, -0.25) is 4.79 Å². The number of benzene rings is 1. The molecule has 1 aliphatic heterocycles. The molecular formula is C17H21N3O. The fraction of sp³-hybridized carbons (Fsp3) is 0.353. The summed E-state index contributed by atoms with van der Waals surface area (Å²) in [7, 11) is 0. The van der Waals surface area contributed by atoms with Crippen LogP contribution in [0.2, 0.25) is 0 Å². The number of hydrogen-bond acceptors (Lipinski definition) is 2. The van der Waals surface area contributed by atoms with Crippen molar-refractivity contribution < 1.29 is 4.79 Å². The number of rotatable bonds is 5. The summed E-state index contributed by atoms with van der Waals surface area (Å²) in [6.07, 6.45) is 7.19. The van der Waals surface area contributed by atoms with Crippen molar-refractivity contribution in [3.05, 3.63) is 53.9 Å². The van der Waals surface area contributed by atoms with Crippen molar-refractivity contribution in [3.63, 3.8) is 0 Å². The maximum atomic E-state index is 11.9. The predicted molar refractivity (Wildman–Crippen MR) is 84.6 cm³/mol. The van der Waals surface area contributed by atoms with Crippen LogP contribution in [0.5, 0.6) is 0 Å². The van der Waals surface area contributed by atoms with E-state index in [1.807, 2.05) is 12.1 Å². The number of carbonyl (C=O) groups is 1. The van der Waals surface area contributed by atoms with Gasteiger partial charge >= 0.3 is 0 Å². The van der Waals surface area contributed by atoms with Crippen molar-refractivity contribution in [2.45, 2.75) is 19.3 Å². The summed E-state index contributed by atoms with van der Waals surface area (Å²) >= 11 is 0. The Bertz CT molecular complexity index is 569. The Labute approximate surface area is 125 Å². The van der Waals surface area contributed by atoms with Crippen LogP contribution in [0, 0.1) is 0 Å². The summed E-state index contributed by atoms with van der Waals surface area (Å²) in [5.41, 5.74) is 2.81. The smallest absolute Gasteiger partial charge is 0.257 e. The third-order valence-electron chi connectivity index (χ3n) is 3.99. The molecule has 1 aromatic carbocycles. The second kappa shape index (κ2) is 6.59. The lowest BCUT2D eigenvalue weighted by Gasteiger charge is -2.14. The Hall–Kier alpha value is -2.07. The number of aromatic nitrogens is 1. The molecular weight excluding hydrogens is 262 g/mol. The van der Waals surface area contributed by atoms with E-state index in [9.17, 15) is 4.79 Å². The van der Waals surface area contributed by atoms with E-state index in [-0.39, 0.29) is 5.91 Å². The number of likely N-dealkylation sites (tertiary alicyclic amines) is 1. The van der Waals surface area contributed by atoms with Crippen LogP contribution in [0.15, 0.2) is 42.7 Å².